The van der Waals surface area contributed by atoms with Crippen molar-refractivity contribution in [1.82, 2.24) is 0 Å². The van der Waals surface area contributed by atoms with Gasteiger partial charge in [-0.05, 0) is 28.8 Å². The molecule has 0 aliphatic rings. The molecule has 0 radical (unpaired) electrons. The zero-order valence-electron chi connectivity index (χ0n) is 10.4. The summed E-state index contributed by atoms with van der Waals surface area (Å²) >= 11 is 0. The third-order valence-corrected chi connectivity index (χ3v) is 2.87. The van der Waals surface area contributed by atoms with Gasteiger partial charge in [-0.1, -0.05) is 36.4 Å². The van der Waals surface area contributed by atoms with Gasteiger partial charge in [0, 0.05) is 6.32 Å². The molecule has 0 aliphatic carbocycles. The van der Waals surface area contributed by atoms with Crippen LogP contribution in [0.3, 0.4) is 0 Å². The van der Waals surface area contributed by atoms with Gasteiger partial charge in [-0.3, -0.25) is 0 Å². The molecule has 0 aromatic heterocycles. The van der Waals surface area contributed by atoms with E-state index in [0.717, 1.165) is 12.1 Å². The van der Waals surface area contributed by atoms with Gasteiger partial charge in [-0.2, -0.15) is 13.2 Å². The van der Waals surface area contributed by atoms with E-state index >= 15 is 0 Å². The Balaban J connectivity index is 2.36. The number of rotatable bonds is 3. The third-order valence-electron chi connectivity index (χ3n) is 2.87. The van der Waals surface area contributed by atoms with E-state index < -0.39 is 18.9 Å². The Kier molecular flexibility index (Phi) is 4.16. The first-order valence-corrected chi connectivity index (χ1v) is 5.99. The Hall–Kier alpha value is -1.79. The van der Waals surface area contributed by atoms with Gasteiger partial charge < -0.3 is 10.0 Å². The van der Waals surface area contributed by atoms with E-state index in [0.29, 0.717) is 16.7 Å². The summed E-state index contributed by atoms with van der Waals surface area (Å²) in [5, 5.41) is 17.8. The van der Waals surface area contributed by atoms with Gasteiger partial charge >= 0.3 is 13.3 Å². The lowest BCUT2D eigenvalue weighted by atomic mass is 9.81. The number of hydrogen-bond acceptors (Lipinski definition) is 2. The zero-order valence-corrected chi connectivity index (χ0v) is 10.4. The Morgan fingerprint density at radius 3 is 2.10 bits per heavy atom. The molecule has 0 saturated heterocycles. The summed E-state index contributed by atoms with van der Waals surface area (Å²) in [5.74, 6) is 0. The second-order valence-electron chi connectivity index (χ2n) is 4.46. The van der Waals surface area contributed by atoms with Crippen LogP contribution in [0.4, 0.5) is 13.2 Å². The molecule has 0 unspecified atom stereocenters. The van der Waals surface area contributed by atoms with Crippen LogP contribution in [0, 0.1) is 0 Å². The van der Waals surface area contributed by atoms with E-state index in [2.05, 4.69) is 0 Å². The Bertz CT molecular complexity index is 597. The van der Waals surface area contributed by atoms with Crippen LogP contribution >= 0.6 is 0 Å². The van der Waals surface area contributed by atoms with Crippen molar-refractivity contribution in [1.29, 1.82) is 0 Å². The summed E-state index contributed by atoms with van der Waals surface area (Å²) in [7, 11) is -1.48. The number of benzene rings is 2. The monoisotopic (exact) mass is 280 g/mol. The molecule has 2 aromatic rings. The molecule has 0 bridgehead atoms. The van der Waals surface area contributed by atoms with Gasteiger partial charge in [0.15, 0.2) is 0 Å². The van der Waals surface area contributed by atoms with Gasteiger partial charge in [0.2, 0.25) is 0 Å². The maximum absolute atomic E-state index is 12.7. The van der Waals surface area contributed by atoms with Crippen molar-refractivity contribution < 1.29 is 23.2 Å². The summed E-state index contributed by atoms with van der Waals surface area (Å²) in [4.78, 5) is 0. The molecule has 2 rings (SSSR count). The smallest absolute Gasteiger partial charge is 0.427 e. The molecule has 2 N–H and O–H groups in total. The Morgan fingerprint density at radius 2 is 1.50 bits per heavy atom. The molecule has 0 fully saturated rings. The number of halogens is 3. The average Bonchev–Trinajstić information content (AvgIpc) is 2.37. The Labute approximate surface area is 114 Å². The van der Waals surface area contributed by atoms with Crippen molar-refractivity contribution in [2.24, 2.45) is 0 Å². The molecule has 0 saturated carbocycles. The first-order chi connectivity index (χ1) is 9.36. The van der Waals surface area contributed by atoms with E-state index in [4.69, 9.17) is 10.0 Å². The molecule has 2 nitrogen and oxygen atoms in total. The molecular weight excluding hydrogens is 268 g/mol. The van der Waals surface area contributed by atoms with Crippen LogP contribution in [0.25, 0.3) is 11.1 Å². The lowest BCUT2D eigenvalue weighted by Crippen LogP contribution is -2.15. The second kappa shape index (κ2) is 5.69. The van der Waals surface area contributed by atoms with Gasteiger partial charge in [0.25, 0.3) is 0 Å². The quantitative estimate of drug-likeness (QED) is 0.849. The minimum atomic E-state index is -4.38. The fourth-order valence-corrected chi connectivity index (χ4v) is 1.96. The number of hydrogen-bond donors (Lipinski definition) is 2. The lowest BCUT2D eigenvalue weighted by Gasteiger charge is -2.10. The summed E-state index contributed by atoms with van der Waals surface area (Å²) in [6.45, 7) is 0. The highest BCUT2D eigenvalue weighted by Crippen LogP contribution is 2.32. The Morgan fingerprint density at radius 1 is 0.900 bits per heavy atom. The van der Waals surface area contributed by atoms with E-state index in [1.165, 1.54) is 6.07 Å². The van der Waals surface area contributed by atoms with Crippen LogP contribution in [-0.2, 0) is 12.5 Å². The van der Waals surface area contributed by atoms with Crippen LogP contribution in [0.15, 0.2) is 48.5 Å². The largest absolute Gasteiger partial charge is 0.456 e. The van der Waals surface area contributed by atoms with Crippen LogP contribution in [0.2, 0.25) is 0 Å². The molecule has 0 amide bonds. The first kappa shape index (κ1) is 14.6. The van der Waals surface area contributed by atoms with E-state index in [1.807, 2.05) is 0 Å². The van der Waals surface area contributed by atoms with E-state index in [9.17, 15) is 13.2 Å². The molecular formula is C14H12BF3O2. The maximum Gasteiger partial charge on any atom is 0.456 e. The molecule has 104 valence electrons. The van der Waals surface area contributed by atoms with E-state index in [-0.39, 0.29) is 6.32 Å². The van der Waals surface area contributed by atoms with Crippen molar-refractivity contribution in [2.75, 3.05) is 0 Å². The molecule has 20 heavy (non-hydrogen) atoms. The van der Waals surface area contributed by atoms with Crippen molar-refractivity contribution in [3.63, 3.8) is 0 Å². The zero-order chi connectivity index (χ0) is 14.8. The van der Waals surface area contributed by atoms with Crippen LogP contribution in [0.5, 0.6) is 0 Å². The summed E-state index contributed by atoms with van der Waals surface area (Å²) in [5.41, 5.74) is 0.987. The molecule has 0 aliphatic heterocycles. The second-order valence-corrected chi connectivity index (χ2v) is 4.46. The van der Waals surface area contributed by atoms with Gasteiger partial charge in [0.05, 0.1) is 5.56 Å². The summed E-state index contributed by atoms with van der Waals surface area (Å²) in [6.07, 6.45) is -4.35. The SMILES string of the molecule is OB(O)Cc1cccc(-c2cccc(C(F)(F)F)c2)c1. The van der Waals surface area contributed by atoms with Crippen molar-refractivity contribution >= 4 is 7.12 Å². The topological polar surface area (TPSA) is 40.5 Å². The highest BCUT2D eigenvalue weighted by Gasteiger charge is 2.30. The normalized spacial score (nSPS) is 11.4. The summed E-state index contributed by atoms with van der Waals surface area (Å²) < 4.78 is 38.0. The fourth-order valence-electron chi connectivity index (χ4n) is 1.96. The van der Waals surface area contributed by atoms with Gasteiger partial charge in [-0.15, -0.1) is 0 Å². The highest BCUT2D eigenvalue weighted by atomic mass is 19.4. The molecule has 2 aromatic carbocycles. The van der Waals surface area contributed by atoms with Gasteiger partial charge in [0.1, 0.15) is 0 Å². The van der Waals surface area contributed by atoms with Crippen LogP contribution in [0.1, 0.15) is 11.1 Å². The van der Waals surface area contributed by atoms with Crippen LogP contribution < -0.4 is 0 Å². The maximum atomic E-state index is 12.7. The number of alkyl halides is 3. The predicted octanol–water partition coefficient (Wildman–Crippen LogP) is 2.93. The highest BCUT2D eigenvalue weighted by molar-refractivity contribution is 6.40. The van der Waals surface area contributed by atoms with Crippen molar-refractivity contribution in [2.45, 2.75) is 12.5 Å². The third kappa shape index (κ3) is 3.62. The predicted molar refractivity (Wildman–Crippen MR) is 70.8 cm³/mol. The standard InChI is InChI=1S/C14H12BF3O2/c16-14(17,18)13-6-2-5-12(8-13)11-4-1-3-10(7-11)9-15(19)20/h1-8,19-20H,9H2. The summed E-state index contributed by atoms with van der Waals surface area (Å²) in [6, 6.07) is 11.7. The molecule has 0 spiro atoms. The molecule has 0 atom stereocenters. The van der Waals surface area contributed by atoms with Crippen molar-refractivity contribution in [3.05, 3.63) is 59.7 Å². The van der Waals surface area contributed by atoms with E-state index in [1.54, 1.807) is 30.3 Å². The lowest BCUT2D eigenvalue weighted by molar-refractivity contribution is -0.137. The van der Waals surface area contributed by atoms with Crippen LogP contribution in [-0.4, -0.2) is 17.2 Å². The van der Waals surface area contributed by atoms with Gasteiger partial charge in [-0.25, -0.2) is 0 Å². The molecule has 6 heteroatoms. The minimum absolute atomic E-state index is 0.0345. The average molecular weight is 280 g/mol. The first-order valence-electron chi connectivity index (χ1n) is 5.99. The fraction of sp³-hybridized carbons (Fsp3) is 0.143. The van der Waals surface area contributed by atoms with Crippen molar-refractivity contribution in [3.8, 4) is 11.1 Å². The minimum Gasteiger partial charge on any atom is -0.427 e. The molecule has 0 heterocycles.